The van der Waals surface area contributed by atoms with Crippen LogP contribution >= 0.6 is 0 Å². The monoisotopic (exact) mass is 367 g/mol. The minimum atomic E-state index is -1.72. The van der Waals surface area contributed by atoms with E-state index in [1.54, 1.807) is 26.8 Å². The Hall–Kier alpha value is -2.82. The fourth-order valence-electron chi connectivity index (χ4n) is 2.98. The molecule has 1 unspecified atom stereocenters. The molecule has 0 saturated heterocycles. The Kier molecular flexibility index (Phi) is 4.72. The Morgan fingerprint density at radius 1 is 1.11 bits per heavy atom. The van der Waals surface area contributed by atoms with Crippen LogP contribution in [0.25, 0.3) is 10.8 Å². The van der Waals surface area contributed by atoms with Gasteiger partial charge >= 0.3 is 17.7 Å². The van der Waals surface area contributed by atoms with Crippen molar-refractivity contribution in [2.75, 3.05) is 0 Å². The number of allylic oxidation sites excluding steroid dienone is 1. The summed E-state index contributed by atoms with van der Waals surface area (Å²) >= 11 is 0. The van der Waals surface area contributed by atoms with E-state index in [0.717, 1.165) is 10.8 Å². The number of carbonyl (C=O) groups excluding carboxylic acids is 2. The molecule has 5 heteroatoms. The van der Waals surface area contributed by atoms with Crippen LogP contribution in [0.5, 0.6) is 0 Å². The van der Waals surface area contributed by atoms with Crippen LogP contribution in [0.3, 0.4) is 0 Å². The van der Waals surface area contributed by atoms with Gasteiger partial charge in [-0.15, -0.1) is 0 Å². The molecule has 0 spiro atoms. The molecule has 1 aliphatic rings. The zero-order chi connectivity index (χ0) is 19.8. The van der Waals surface area contributed by atoms with E-state index in [1.807, 2.05) is 50.2 Å². The number of esters is 2. The zero-order valence-electron chi connectivity index (χ0n) is 16.3. The van der Waals surface area contributed by atoms with Crippen molar-refractivity contribution >= 4 is 22.7 Å². The highest BCUT2D eigenvalue weighted by atomic mass is 16.6. The summed E-state index contributed by atoms with van der Waals surface area (Å²) in [6, 6.07) is 13.3. The van der Waals surface area contributed by atoms with Gasteiger partial charge in [-0.3, -0.25) is 0 Å². The topological polar surface area (TPSA) is 64.6 Å². The average molecular weight is 367 g/mol. The van der Waals surface area contributed by atoms with Crippen molar-refractivity contribution in [3.05, 3.63) is 59.8 Å². The Balaban J connectivity index is 2.16. The van der Waals surface area contributed by atoms with Gasteiger partial charge in [-0.2, -0.15) is 0 Å². The van der Waals surface area contributed by atoms with Gasteiger partial charge in [0.25, 0.3) is 0 Å². The molecule has 142 valence electrons. The van der Waals surface area contributed by atoms with E-state index in [0.29, 0.717) is 11.3 Å². The molecule has 1 N–H and O–H groups in total. The van der Waals surface area contributed by atoms with E-state index in [4.69, 9.17) is 9.47 Å². The fraction of sp³-hybridized carbons (Fsp3) is 0.364. The zero-order valence-corrected chi connectivity index (χ0v) is 16.3. The Morgan fingerprint density at radius 3 is 2.41 bits per heavy atom. The van der Waals surface area contributed by atoms with Gasteiger partial charge in [-0.25, -0.2) is 9.59 Å². The van der Waals surface area contributed by atoms with Gasteiger partial charge in [-0.05, 0) is 43.5 Å². The second-order valence-corrected chi connectivity index (χ2v) is 8.05. The summed E-state index contributed by atoms with van der Waals surface area (Å²) in [6.45, 7) is 9.23. The normalized spacial score (nSPS) is 20.1. The van der Waals surface area contributed by atoms with Crippen LogP contribution in [0.15, 0.2) is 54.2 Å². The van der Waals surface area contributed by atoms with Crippen molar-refractivity contribution in [3.8, 4) is 0 Å². The summed E-state index contributed by atoms with van der Waals surface area (Å²) < 4.78 is 11.2. The first-order valence-electron chi connectivity index (χ1n) is 9.06. The summed E-state index contributed by atoms with van der Waals surface area (Å²) in [5, 5.41) is 5.11. The molecular formula is C22H25NO4. The molecule has 2 aromatic rings. The van der Waals surface area contributed by atoms with Gasteiger partial charge in [0, 0.05) is 17.3 Å². The third kappa shape index (κ3) is 3.82. The Labute approximate surface area is 159 Å². The van der Waals surface area contributed by atoms with Crippen molar-refractivity contribution in [2.45, 2.75) is 45.9 Å². The van der Waals surface area contributed by atoms with Gasteiger partial charge in [0.15, 0.2) is 0 Å². The molecule has 0 fully saturated rings. The molecule has 27 heavy (non-hydrogen) atoms. The number of ether oxygens (including phenoxy) is 2. The lowest BCUT2D eigenvalue weighted by Gasteiger charge is -2.39. The van der Waals surface area contributed by atoms with Crippen LogP contribution in [0.4, 0.5) is 0 Å². The predicted molar refractivity (Wildman–Crippen MR) is 104 cm³/mol. The van der Waals surface area contributed by atoms with Crippen LogP contribution in [0.1, 0.15) is 40.2 Å². The summed E-state index contributed by atoms with van der Waals surface area (Å²) in [5.74, 6) is -1.21. The van der Waals surface area contributed by atoms with Crippen LogP contribution < -0.4 is 5.32 Å². The largest absolute Gasteiger partial charge is 0.455 e. The summed E-state index contributed by atoms with van der Waals surface area (Å²) in [6.07, 6.45) is 1.38. The highest BCUT2D eigenvalue weighted by Gasteiger charge is 2.50. The second kappa shape index (κ2) is 6.72. The summed E-state index contributed by atoms with van der Waals surface area (Å²) in [5.41, 5.74) is -1.29. The van der Waals surface area contributed by atoms with E-state index in [1.165, 1.54) is 6.08 Å². The SMILES string of the molecule is CC(C)C1=CC(=O)OC(C(=O)OC(C)(C)C)(c2ccc3ccccc3c2)N1. The van der Waals surface area contributed by atoms with Gasteiger partial charge in [-0.1, -0.05) is 50.2 Å². The number of hydrogen-bond donors (Lipinski definition) is 1. The molecule has 0 amide bonds. The van der Waals surface area contributed by atoms with Crippen molar-refractivity contribution < 1.29 is 19.1 Å². The first-order valence-corrected chi connectivity index (χ1v) is 9.06. The van der Waals surface area contributed by atoms with Gasteiger partial charge < -0.3 is 14.8 Å². The average Bonchev–Trinajstić information content (AvgIpc) is 2.59. The smallest absolute Gasteiger partial charge is 0.378 e. The highest BCUT2D eigenvalue weighted by molar-refractivity contribution is 5.92. The van der Waals surface area contributed by atoms with E-state index < -0.39 is 23.3 Å². The van der Waals surface area contributed by atoms with Gasteiger partial charge in [0.05, 0.1) is 0 Å². The lowest BCUT2D eigenvalue weighted by molar-refractivity contribution is -0.196. The van der Waals surface area contributed by atoms with Crippen LogP contribution in [-0.4, -0.2) is 17.5 Å². The number of benzene rings is 2. The van der Waals surface area contributed by atoms with Crippen molar-refractivity contribution in [1.29, 1.82) is 0 Å². The third-order valence-corrected chi connectivity index (χ3v) is 4.31. The highest BCUT2D eigenvalue weighted by Crippen LogP contribution is 2.34. The molecular weight excluding hydrogens is 342 g/mol. The number of nitrogens with one attached hydrogen (secondary N) is 1. The molecule has 0 aliphatic carbocycles. The van der Waals surface area contributed by atoms with Crippen molar-refractivity contribution in [1.82, 2.24) is 5.32 Å². The molecule has 5 nitrogen and oxygen atoms in total. The molecule has 3 rings (SSSR count). The minimum Gasteiger partial charge on any atom is -0.455 e. The van der Waals surface area contributed by atoms with Gasteiger partial charge in [0.1, 0.15) is 5.60 Å². The van der Waals surface area contributed by atoms with E-state index in [9.17, 15) is 9.59 Å². The molecule has 0 saturated carbocycles. The maximum atomic E-state index is 13.2. The summed E-state index contributed by atoms with van der Waals surface area (Å²) in [4.78, 5) is 25.6. The molecule has 2 aromatic carbocycles. The third-order valence-electron chi connectivity index (χ3n) is 4.31. The molecule has 1 aliphatic heterocycles. The molecule has 0 aromatic heterocycles. The van der Waals surface area contributed by atoms with Crippen LogP contribution in [0.2, 0.25) is 0 Å². The number of fused-ring (bicyclic) bond motifs is 1. The number of hydrogen-bond acceptors (Lipinski definition) is 5. The predicted octanol–water partition coefficient (Wildman–Crippen LogP) is 4.02. The van der Waals surface area contributed by atoms with E-state index >= 15 is 0 Å². The van der Waals surface area contributed by atoms with Crippen molar-refractivity contribution in [3.63, 3.8) is 0 Å². The number of carbonyl (C=O) groups is 2. The lowest BCUT2D eigenvalue weighted by Crippen LogP contribution is -2.56. The second-order valence-electron chi connectivity index (χ2n) is 8.05. The quantitative estimate of drug-likeness (QED) is 0.830. The van der Waals surface area contributed by atoms with Crippen LogP contribution in [0, 0.1) is 5.92 Å². The number of cyclic esters (lactones) is 1. The molecule has 1 heterocycles. The Morgan fingerprint density at radius 2 is 1.78 bits per heavy atom. The first-order chi connectivity index (χ1) is 12.6. The van der Waals surface area contributed by atoms with E-state index in [2.05, 4.69) is 5.32 Å². The minimum absolute atomic E-state index is 0.0140. The first kappa shape index (κ1) is 19.0. The maximum absolute atomic E-state index is 13.2. The van der Waals surface area contributed by atoms with Crippen molar-refractivity contribution in [2.24, 2.45) is 5.92 Å². The van der Waals surface area contributed by atoms with E-state index in [-0.39, 0.29) is 5.92 Å². The maximum Gasteiger partial charge on any atom is 0.378 e. The lowest BCUT2D eigenvalue weighted by atomic mass is 9.95. The molecule has 0 bridgehead atoms. The fourth-order valence-corrected chi connectivity index (χ4v) is 2.98. The number of rotatable bonds is 3. The van der Waals surface area contributed by atoms with Gasteiger partial charge in [0.2, 0.25) is 0 Å². The standard InChI is InChI=1S/C22H25NO4/c1-14(2)18-13-19(24)26-22(23-18,20(25)27-21(3,4)5)17-11-10-15-8-6-7-9-16(15)12-17/h6-14,23H,1-5H3. The van der Waals surface area contributed by atoms with Crippen LogP contribution in [-0.2, 0) is 24.8 Å². The summed E-state index contributed by atoms with van der Waals surface area (Å²) in [7, 11) is 0. The Bertz CT molecular complexity index is 923. The molecule has 0 radical (unpaired) electrons. The molecule has 1 atom stereocenters.